The van der Waals surface area contributed by atoms with Gasteiger partial charge < -0.3 is 19.8 Å². The van der Waals surface area contributed by atoms with Crippen LogP contribution < -0.4 is 19.5 Å². The predicted octanol–water partition coefficient (Wildman–Crippen LogP) is 7.20. The highest BCUT2D eigenvalue weighted by atomic mass is 35.5. The van der Waals surface area contributed by atoms with Gasteiger partial charge in [0.25, 0.3) is 5.91 Å². The lowest BCUT2D eigenvalue weighted by Crippen LogP contribution is -2.32. The number of para-hydroxylation sites is 2. The standard InChI is InChI=1S/C35H34ClN3O5S/c1-23-21-27(22-24(2)33(23)36)43-20-8-12-30-29-11-6-7-13-31(29)38-34(30)35(41)37-19-18-32(40)39-45(42)28-16-14-26(15-17-28)44-25-9-4-3-5-10-25/h3-7,9-11,13-17,21-22,38H,8,12,18-20H2,1-2H3,(H,37,41)(H,39,40). The van der Waals surface area contributed by atoms with Gasteiger partial charge in [-0.05, 0) is 98.0 Å². The van der Waals surface area contributed by atoms with Crippen LogP contribution in [0.15, 0.2) is 95.9 Å². The number of hydrogen-bond donors (Lipinski definition) is 3. The van der Waals surface area contributed by atoms with Crippen molar-refractivity contribution in [3.05, 3.63) is 118 Å². The Morgan fingerprint density at radius 1 is 0.867 bits per heavy atom. The van der Waals surface area contributed by atoms with E-state index in [1.807, 2.05) is 80.6 Å². The van der Waals surface area contributed by atoms with Crippen molar-refractivity contribution in [2.24, 2.45) is 0 Å². The monoisotopic (exact) mass is 643 g/mol. The van der Waals surface area contributed by atoms with E-state index in [-0.39, 0.29) is 18.9 Å². The number of rotatable bonds is 13. The lowest BCUT2D eigenvalue weighted by molar-refractivity contribution is -0.119. The number of carbonyl (C=O) groups excluding carboxylic acids is 2. The molecular formula is C35H34ClN3O5S. The normalized spacial score (nSPS) is 11.6. The van der Waals surface area contributed by atoms with Crippen LogP contribution in [-0.4, -0.2) is 34.2 Å². The molecule has 0 aliphatic rings. The lowest BCUT2D eigenvalue weighted by Gasteiger charge is -2.11. The quantitative estimate of drug-likeness (QED) is 0.118. The second kappa shape index (κ2) is 14.9. The zero-order chi connectivity index (χ0) is 31.8. The topological polar surface area (TPSA) is 110 Å². The molecular weight excluding hydrogens is 610 g/mol. The van der Waals surface area contributed by atoms with E-state index < -0.39 is 16.9 Å². The van der Waals surface area contributed by atoms with Crippen molar-refractivity contribution >= 4 is 45.3 Å². The number of H-pyrrole nitrogens is 1. The summed E-state index contributed by atoms with van der Waals surface area (Å²) < 4.78 is 26.9. The van der Waals surface area contributed by atoms with Crippen LogP contribution in [0.4, 0.5) is 0 Å². The first-order valence-corrected chi connectivity index (χ1v) is 16.1. The molecule has 5 aromatic rings. The third-order valence-corrected chi connectivity index (χ3v) is 8.86. The molecule has 3 N–H and O–H groups in total. The van der Waals surface area contributed by atoms with Gasteiger partial charge >= 0.3 is 0 Å². The zero-order valence-corrected chi connectivity index (χ0v) is 26.6. The van der Waals surface area contributed by atoms with Crippen molar-refractivity contribution in [1.82, 2.24) is 15.0 Å². The van der Waals surface area contributed by atoms with Crippen LogP contribution in [0, 0.1) is 13.8 Å². The highest BCUT2D eigenvalue weighted by Crippen LogP contribution is 2.27. The van der Waals surface area contributed by atoms with Crippen molar-refractivity contribution in [3.8, 4) is 17.2 Å². The van der Waals surface area contributed by atoms with Crippen LogP contribution in [-0.2, 0) is 22.2 Å². The van der Waals surface area contributed by atoms with Gasteiger partial charge in [0.2, 0.25) is 5.91 Å². The van der Waals surface area contributed by atoms with Crippen LogP contribution >= 0.6 is 11.6 Å². The molecule has 0 saturated carbocycles. The average Bonchev–Trinajstić information content (AvgIpc) is 3.41. The van der Waals surface area contributed by atoms with Crippen molar-refractivity contribution in [1.29, 1.82) is 0 Å². The molecule has 0 aliphatic heterocycles. The number of hydrogen-bond acceptors (Lipinski definition) is 5. The highest BCUT2D eigenvalue weighted by Gasteiger charge is 2.18. The van der Waals surface area contributed by atoms with E-state index in [0.29, 0.717) is 41.5 Å². The van der Waals surface area contributed by atoms with Crippen molar-refractivity contribution in [3.63, 3.8) is 0 Å². The molecule has 0 radical (unpaired) electrons. The highest BCUT2D eigenvalue weighted by molar-refractivity contribution is 7.83. The second-order valence-electron chi connectivity index (χ2n) is 10.5. The maximum absolute atomic E-state index is 13.2. The Balaban J connectivity index is 1.12. The summed E-state index contributed by atoms with van der Waals surface area (Å²) in [7, 11) is -1.75. The minimum absolute atomic E-state index is 0.0317. The Labute approximate surface area is 269 Å². The van der Waals surface area contributed by atoms with E-state index in [9.17, 15) is 13.8 Å². The van der Waals surface area contributed by atoms with Crippen LogP contribution in [0.5, 0.6) is 17.2 Å². The lowest BCUT2D eigenvalue weighted by atomic mass is 10.1. The van der Waals surface area contributed by atoms with Gasteiger partial charge in [0, 0.05) is 28.9 Å². The van der Waals surface area contributed by atoms with E-state index in [4.69, 9.17) is 21.1 Å². The van der Waals surface area contributed by atoms with Gasteiger partial charge in [-0.25, -0.2) is 4.21 Å². The molecule has 1 aromatic heterocycles. The molecule has 8 nitrogen and oxygen atoms in total. The molecule has 0 spiro atoms. The van der Waals surface area contributed by atoms with Crippen LogP contribution in [0.3, 0.4) is 0 Å². The van der Waals surface area contributed by atoms with Crippen molar-refractivity contribution < 1.29 is 23.3 Å². The summed E-state index contributed by atoms with van der Waals surface area (Å²) in [5, 5.41) is 4.52. The summed E-state index contributed by atoms with van der Waals surface area (Å²) in [4.78, 5) is 29.4. The maximum Gasteiger partial charge on any atom is 0.268 e. The van der Waals surface area contributed by atoms with Gasteiger partial charge in [0.05, 0.1) is 11.5 Å². The fourth-order valence-corrected chi connectivity index (χ4v) is 5.85. The molecule has 232 valence electrons. The SMILES string of the molecule is Cc1cc(OCCCc2c(C(=O)NCCC(=O)NS(=O)c3ccc(Oc4ccccc4)cc3)[nH]c3ccccc23)cc(C)c1Cl. The smallest absolute Gasteiger partial charge is 0.268 e. The van der Waals surface area contributed by atoms with Crippen molar-refractivity contribution in [2.45, 2.75) is 38.0 Å². The number of aromatic amines is 1. The molecule has 45 heavy (non-hydrogen) atoms. The number of ether oxygens (including phenoxy) is 2. The van der Waals surface area contributed by atoms with Crippen molar-refractivity contribution in [2.75, 3.05) is 13.2 Å². The summed E-state index contributed by atoms with van der Waals surface area (Å²) in [6.45, 7) is 4.45. The van der Waals surface area contributed by atoms with Crippen LogP contribution in [0.2, 0.25) is 5.02 Å². The Hall–Kier alpha value is -4.60. The first-order valence-electron chi connectivity index (χ1n) is 14.6. The number of aromatic nitrogens is 1. The number of halogens is 1. The molecule has 0 bridgehead atoms. The molecule has 5 rings (SSSR count). The summed E-state index contributed by atoms with van der Waals surface area (Å²) >= 11 is 6.27. The van der Waals surface area contributed by atoms with Gasteiger partial charge in [0.15, 0.2) is 11.0 Å². The summed E-state index contributed by atoms with van der Waals surface area (Å²) in [6.07, 6.45) is 1.28. The molecule has 1 atom stereocenters. The fourth-order valence-electron chi connectivity index (χ4n) is 4.93. The molecule has 0 saturated heterocycles. The maximum atomic E-state index is 13.2. The Kier molecular flexibility index (Phi) is 10.5. The number of nitrogens with one attached hydrogen (secondary N) is 3. The molecule has 2 amide bonds. The number of fused-ring (bicyclic) bond motifs is 1. The molecule has 1 heterocycles. The van der Waals surface area contributed by atoms with Crippen LogP contribution in [0.25, 0.3) is 10.9 Å². The third-order valence-electron chi connectivity index (χ3n) is 7.15. The number of carbonyl (C=O) groups is 2. The summed E-state index contributed by atoms with van der Waals surface area (Å²) in [6, 6.07) is 27.6. The zero-order valence-electron chi connectivity index (χ0n) is 25.0. The fraction of sp³-hybridized carbons (Fsp3) is 0.200. The predicted molar refractivity (Wildman–Crippen MR) is 177 cm³/mol. The van der Waals surface area contributed by atoms with E-state index in [1.165, 1.54) is 0 Å². The molecule has 1 unspecified atom stereocenters. The van der Waals surface area contributed by atoms with Gasteiger partial charge in [-0.1, -0.05) is 48.0 Å². The molecule has 10 heteroatoms. The van der Waals surface area contributed by atoms with Crippen LogP contribution in [0.1, 0.15) is 40.0 Å². The van der Waals surface area contributed by atoms with E-state index in [0.717, 1.165) is 38.4 Å². The first kappa shape index (κ1) is 31.8. The molecule has 0 aliphatic carbocycles. The number of aryl methyl sites for hydroxylation is 3. The van der Waals surface area contributed by atoms with Gasteiger partial charge in [-0.15, -0.1) is 0 Å². The molecule has 0 fully saturated rings. The largest absolute Gasteiger partial charge is 0.494 e. The minimum Gasteiger partial charge on any atom is -0.494 e. The number of benzene rings is 4. The average molecular weight is 644 g/mol. The molecule has 4 aromatic carbocycles. The second-order valence-corrected chi connectivity index (χ2v) is 12.1. The van der Waals surface area contributed by atoms with E-state index in [2.05, 4.69) is 15.0 Å². The Bertz CT molecular complexity index is 1800. The first-order chi connectivity index (χ1) is 21.8. The Morgan fingerprint density at radius 3 is 2.27 bits per heavy atom. The third kappa shape index (κ3) is 8.32. The van der Waals surface area contributed by atoms with Gasteiger partial charge in [-0.3, -0.25) is 14.3 Å². The number of amides is 2. The van der Waals surface area contributed by atoms with Gasteiger partial charge in [0.1, 0.15) is 22.9 Å². The minimum atomic E-state index is -1.75. The van der Waals surface area contributed by atoms with Gasteiger partial charge in [-0.2, -0.15) is 0 Å². The van der Waals surface area contributed by atoms with E-state index in [1.54, 1.807) is 24.3 Å². The van der Waals surface area contributed by atoms with E-state index >= 15 is 0 Å². The Morgan fingerprint density at radius 2 is 1.53 bits per heavy atom. The summed E-state index contributed by atoms with van der Waals surface area (Å²) in [5.74, 6) is 1.29. The summed E-state index contributed by atoms with van der Waals surface area (Å²) in [5.41, 5.74) is 4.13.